The van der Waals surface area contributed by atoms with Crippen molar-refractivity contribution in [2.24, 2.45) is 10.9 Å². The molecule has 0 aromatic carbocycles. The molecule has 0 bridgehead atoms. The number of nitrogens with one attached hydrogen (secondary N) is 2. The van der Waals surface area contributed by atoms with Crippen molar-refractivity contribution in [3.63, 3.8) is 0 Å². The molecule has 1 aliphatic rings. The molecule has 8 heteroatoms. The minimum Gasteiger partial charge on any atom is -0.444 e. The molecule has 0 atom stereocenters. The van der Waals surface area contributed by atoms with E-state index in [9.17, 15) is 0 Å². The third kappa shape index (κ3) is 6.54. The number of aliphatic imine (C=N–C) groups is 1. The van der Waals surface area contributed by atoms with Crippen LogP contribution in [0.1, 0.15) is 47.0 Å². The number of hydrogen-bond acceptors (Lipinski definition) is 6. The Morgan fingerprint density at radius 1 is 1.31 bits per heavy atom. The first kappa shape index (κ1) is 21.8. The van der Waals surface area contributed by atoms with E-state index in [1.807, 2.05) is 27.1 Å². The quantitative estimate of drug-likeness (QED) is 0.507. The van der Waals surface area contributed by atoms with Crippen LogP contribution in [-0.4, -0.2) is 54.1 Å². The number of oxazole rings is 1. The normalized spacial score (nSPS) is 16.3. The maximum atomic E-state index is 5.72. The lowest BCUT2D eigenvalue weighted by Gasteiger charge is -2.31. The minimum absolute atomic E-state index is 0.670. The fourth-order valence-electron chi connectivity index (χ4n) is 3.52. The Kier molecular flexibility index (Phi) is 8.06. The lowest BCUT2D eigenvalue weighted by atomic mass is 9.97. The van der Waals surface area contributed by atoms with Gasteiger partial charge in [-0.25, -0.2) is 9.97 Å². The van der Waals surface area contributed by atoms with Gasteiger partial charge in [-0.05, 0) is 52.1 Å². The molecule has 2 aromatic heterocycles. The molecule has 7 nitrogen and oxygen atoms in total. The molecule has 1 saturated heterocycles. The van der Waals surface area contributed by atoms with E-state index in [0.717, 1.165) is 68.9 Å². The first-order chi connectivity index (χ1) is 14.1. The van der Waals surface area contributed by atoms with Gasteiger partial charge in [-0.2, -0.15) is 0 Å². The molecule has 2 aromatic rings. The Balaban J connectivity index is 1.33. The first-order valence-corrected chi connectivity index (χ1v) is 11.4. The monoisotopic (exact) mass is 418 g/mol. The van der Waals surface area contributed by atoms with E-state index < -0.39 is 0 Å². The molecule has 1 fully saturated rings. The largest absolute Gasteiger partial charge is 0.444 e. The third-order valence-corrected chi connectivity index (χ3v) is 6.70. The molecular formula is C21H34N6OS. The number of hydrogen-bond donors (Lipinski definition) is 2. The van der Waals surface area contributed by atoms with Crippen LogP contribution in [-0.2, 0) is 19.4 Å². The molecule has 0 saturated carbocycles. The molecule has 3 rings (SSSR count). The Labute approximate surface area is 178 Å². The Hall–Kier alpha value is -1.93. The average molecular weight is 419 g/mol. The lowest BCUT2D eigenvalue weighted by Crippen LogP contribution is -2.43. The van der Waals surface area contributed by atoms with Crippen LogP contribution in [0.4, 0.5) is 0 Å². The molecule has 1 aliphatic heterocycles. The molecule has 0 radical (unpaired) electrons. The number of likely N-dealkylation sites (tertiary alicyclic amines) is 1. The average Bonchev–Trinajstić information content (AvgIpc) is 3.31. The van der Waals surface area contributed by atoms with Gasteiger partial charge in [0.2, 0.25) is 5.89 Å². The minimum atomic E-state index is 0.670. The number of nitrogens with zero attached hydrogens (tertiary/aromatic N) is 4. The summed E-state index contributed by atoms with van der Waals surface area (Å²) in [7, 11) is 1.83. The maximum absolute atomic E-state index is 5.72. The standard InChI is InChI=1S/C21H34N6OS/c1-5-18-13-24-20(29-18)6-9-23-21(22-4)25-12-17-7-10-27(11-8-17)14-19-26-15(2)16(3)28-19/h13,17H,5-12,14H2,1-4H3,(H2,22,23,25). The van der Waals surface area contributed by atoms with Crippen molar-refractivity contribution >= 4 is 17.3 Å². The van der Waals surface area contributed by atoms with Crippen LogP contribution in [0.3, 0.4) is 0 Å². The number of thiazole rings is 1. The molecule has 29 heavy (non-hydrogen) atoms. The maximum Gasteiger partial charge on any atom is 0.208 e. The Morgan fingerprint density at radius 3 is 2.72 bits per heavy atom. The van der Waals surface area contributed by atoms with Gasteiger partial charge in [0, 0.05) is 37.6 Å². The molecule has 2 N–H and O–H groups in total. The molecule has 0 unspecified atom stereocenters. The lowest BCUT2D eigenvalue weighted by molar-refractivity contribution is 0.164. The molecule has 160 valence electrons. The molecule has 0 amide bonds. The molecule has 3 heterocycles. The zero-order valence-corrected chi connectivity index (χ0v) is 18.9. The van der Waals surface area contributed by atoms with Crippen LogP contribution >= 0.6 is 11.3 Å². The zero-order chi connectivity index (χ0) is 20.6. The van der Waals surface area contributed by atoms with E-state index in [1.54, 1.807) is 11.3 Å². The fraction of sp³-hybridized carbons (Fsp3) is 0.667. The van der Waals surface area contributed by atoms with E-state index in [-0.39, 0.29) is 0 Å². The summed E-state index contributed by atoms with van der Waals surface area (Å²) in [4.78, 5) is 17.1. The van der Waals surface area contributed by atoms with E-state index >= 15 is 0 Å². The SMILES string of the molecule is CCc1cnc(CCNC(=NC)NCC2CCN(Cc3nc(C)c(C)o3)CC2)s1. The predicted molar refractivity (Wildman–Crippen MR) is 119 cm³/mol. The predicted octanol–water partition coefficient (Wildman–Crippen LogP) is 2.93. The summed E-state index contributed by atoms with van der Waals surface area (Å²) in [6, 6.07) is 0. The topological polar surface area (TPSA) is 78.6 Å². The number of aromatic nitrogens is 2. The van der Waals surface area contributed by atoms with Crippen LogP contribution in [0.25, 0.3) is 0 Å². The van der Waals surface area contributed by atoms with Crippen molar-refractivity contribution in [1.82, 2.24) is 25.5 Å². The first-order valence-electron chi connectivity index (χ1n) is 10.6. The van der Waals surface area contributed by atoms with Crippen molar-refractivity contribution in [2.75, 3.05) is 33.2 Å². The van der Waals surface area contributed by atoms with Crippen molar-refractivity contribution in [3.05, 3.63) is 33.4 Å². The number of piperidine rings is 1. The highest BCUT2D eigenvalue weighted by Gasteiger charge is 2.21. The summed E-state index contributed by atoms with van der Waals surface area (Å²) >= 11 is 1.80. The highest BCUT2D eigenvalue weighted by Crippen LogP contribution is 2.19. The van der Waals surface area contributed by atoms with E-state index in [2.05, 4.69) is 37.4 Å². The van der Waals surface area contributed by atoms with Crippen molar-refractivity contribution in [3.8, 4) is 0 Å². The highest BCUT2D eigenvalue weighted by atomic mass is 32.1. The summed E-state index contributed by atoms with van der Waals surface area (Å²) in [5.74, 6) is 3.32. The Morgan fingerprint density at radius 2 is 2.10 bits per heavy atom. The summed E-state index contributed by atoms with van der Waals surface area (Å²) < 4.78 is 5.72. The summed E-state index contributed by atoms with van der Waals surface area (Å²) in [5, 5.41) is 8.09. The third-order valence-electron chi connectivity index (χ3n) is 5.50. The van der Waals surface area contributed by atoms with Crippen molar-refractivity contribution in [2.45, 2.75) is 53.0 Å². The van der Waals surface area contributed by atoms with E-state index in [0.29, 0.717) is 5.92 Å². The van der Waals surface area contributed by atoms with Gasteiger partial charge in [-0.3, -0.25) is 9.89 Å². The van der Waals surface area contributed by atoms with Gasteiger partial charge in [0.15, 0.2) is 5.96 Å². The summed E-state index contributed by atoms with van der Waals surface area (Å²) in [6.07, 6.45) is 6.35. The van der Waals surface area contributed by atoms with Crippen LogP contribution in [0.2, 0.25) is 0 Å². The van der Waals surface area contributed by atoms with Crippen LogP contribution in [0, 0.1) is 19.8 Å². The molecule has 0 spiro atoms. The van der Waals surface area contributed by atoms with Gasteiger partial charge in [0.05, 0.1) is 17.2 Å². The van der Waals surface area contributed by atoms with Gasteiger partial charge < -0.3 is 15.1 Å². The van der Waals surface area contributed by atoms with Crippen LogP contribution in [0.5, 0.6) is 0 Å². The van der Waals surface area contributed by atoms with E-state index in [1.165, 1.54) is 22.7 Å². The number of aryl methyl sites for hydroxylation is 3. The summed E-state index contributed by atoms with van der Waals surface area (Å²) in [6.45, 7) is 10.9. The van der Waals surface area contributed by atoms with Gasteiger partial charge in [-0.1, -0.05) is 6.92 Å². The van der Waals surface area contributed by atoms with Gasteiger partial charge >= 0.3 is 0 Å². The Bertz CT molecular complexity index is 771. The second-order valence-corrected chi connectivity index (χ2v) is 8.87. The molecular weight excluding hydrogens is 384 g/mol. The van der Waals surface area contributed by atoms with Crippen LogP contribution < -0.4 is 10.6 Å². The van der Waals surface area contributed by atoms with Gasteiger partial charge in [-0.15, -0.1) is 11.3 Å². The highest BCUT2D eigenvalue weighted by molar-refractivity contribution is 7.11. The van der Waals surface area contributed by atoms with Gasteiger partial charge in [0.25, 0.3) is 0 Å². The van der Waals surface area contributed by atoms with Crippen molar-refractivity contribution in [1.29, 1.82) is 0 Å². The summed E-state index contributed by atoms with van der Waals surface area (Å²) in [5.41, 5.74) is 0.999. The second kappa shape index (κ2) is 10.7. The zero-order valence-electron chi connectivity index (χ0n) is 18.1. The number of rotatable bonds is 8. The fourth-order valence-corrected chi connectivity index (χ4v) is 4.39. The second-order valence-electron chi connectivity index (χ2n) is 7.67. The smallest absolute Gasteiger partial charge is 0.208 e. The van der Waals surface area contributed by atoms with Crippen molar-refractivity contribution < 1.29 is 4.42 Å². The van der Waals surface area contributed by atoms with E-state index in [4.69, 9.17) is 4.42 Å². The van der Waals surface area contributed by atoms with Crippen LogP contribution in [0.15, 0.2) is 15.6 Å². The van der Waals surface area contributed by atoms with Gasteiger partial charge in [0.1, 0.15) is 5.76 Å². The molecule has 0 aliphatic carbocycles. The number of guanidine groups is 1.